The van der Waals surface area contributed by atoms with Gasteiger partial charge in [0, 0.05) is 49.6 Å². The van der Waals surface area contributed by atoms with Crippen LogP contribution in [0.3, 0.4) is 0 Å². The smallest absolute Gasteiger partial charge is 0.243 e. The lowest BCUT2D eigenvalue weighted by Crippen LogP contribution is -2.47. The topological polar surface area (TPSA) is 76.1 Å². The molecule has 1 aliphatic rings. The molecule has 1 aliphatic heterocycles. The van der Waals surface area contributed by atoms with E-state index in [-0.39, 0.29) is 30.3 Å². The zero-order chi connectivity index (χ0) is 28.0. The molecule has 4 rings (SSSR count). The summed E-state index contributed by atoms with van der Waals surface area (Å²) in [6.07, 6.45) is 1.25. The summed E-state index contributed by atoms with van der Waals surface area (Å²) in [6.45, 7) is 3.29. The summed E-state index contributed by atoms with van der Waals surface area (Å²) in [4.78, 5) is 15.3. The Morgan fingerprint density at radius 3 is 2.38 bits per heavy atom. The molecule has 1 saturated heterocycles. The molecule has 0 radical (unpaired) electrons. The summed E-state index contributed by atoms with van der Waals surface area (Å²) >= 11 is 6.18. The largest absolute Gasteiger partial charge is 0.497 e. The van der Waals surface area contributed by atoms with Crippen LogP contribution in [0.5, 0.6) is 11.5 Å². The minimum Gasteiger partial charge on any atom is -0.497 e. The van der Waals surface area contributed by atoms with Gasteiger partial charge in [-0.25, -0.2) is 8.42 Å². The Labute approximate surface area is 236 Å². The molecule has 0 N–H and O–H groups in total. The number of benzene rings is 3. The lowest BCUT2D eigenvalue weighted by atomic mass is 9.76. The van der Waals surface area contributed by atoms with Crippen molar-refractivity contribution in [2.45, 2.75) is 37.6 Å². The standard InChI is InChI=1S/C30H35ClN2O5S/c1-23-18-26(12-13-28(23)31)38-22-30(20-29(34)32(2)21-24-8-5-4-6-9-24)14-16-33(17-15-30)39(35,36)27-11-7-10-25(19-27)37-3/h4-13,18-19H,14-17,20-22H2,1-3H3. The van der Waals surface area contributed by atoms with Crippen LogP contribution in [0.2, 0.25) is 5.02 Å². The van der Waals surface area contributed by atoms with Crippen LogP contribution in [0.15, 0.2) is 77.7 Å². The molecule has 0 unspecified atom stereocenters. The van der Waals surface area contributed by atoms with Gasteiger partial charge in [-0.15, -0.1) is 0 Å². The Bertz CT molecular complexity index is 1390. The normalized spacial score (nSPS) is 15.5. The average Bonchev–Trinajstić information content (AvgIpc) is 2.94. The van der Waals surface area contributed by atoms with Crippen LogP contribution in [0, 0.1) is 12.3 Å². The summed E-state index contributed by atoms with van der Waals surface area (Å²) in [5, 5.41) is 0.658. The number of aryl methyl sites for hydroxylation is 1. The van der Waals surface area contributed by atoms with E-state index in [1.807, 2.05) is 49.4 Å². The first-order chi connectivity index (χ1) is 18.6. The third kappa shape index (κ3) is 7.12. The van der Waals surface area contributed by atoms with E-state index in [4.69, 9.17) is 21.1 Å². The SMILES string of the molecule is COc1cccc(S(=O)(=O)N2CCC(COc3ccc(Cl)c(C)c3)(CC(=O)N(C)Cc3ccccc3)CC2)c1. The van der Waals surface area contributed by atoms with Gasteiger partial charge in [0.2, 0.25) is 15.9 Å². The number of nitrogens with zero attached hydrogens (tertiary/aromatic N) is 2. The predicted molar refractivity (Wildman–Crippen MR) is 153 cm³/mol. The van der Waals surface area contributed by atoms with Crippen LogP contribution in [-0.2, 0) is 21.4 Å². The number of halogens is 1. The molecule has 1 fully saturated rings. The quantitative estimate of drug-likeness (QED) is 0.319. The van der Waals surface area contributed by atoms with Gasteiger partial charge in [0.05, 0.1) is 18.6 Å². The Morgan fingerprint density at radius 2 is 1.72 bits per heavy atom. The molecular weight excluding hydrogens is 536 g/mol. The first-order valence-electron chi connectivity index (χ1n) is 12.9. The number of ether oxygens (including phenoxy) is 2. The fraction of sp³-hybridized carbons (Fsp3) is 0.367. The number of rotatable bonds is 10. The summed E-state index contributed by atoms with van der Waals surface area (Å²) in [5.41, 5.74) is 1.44. The monoisotopic (exact) mass is 570 g/mol. The maximum atomic E-state index is 13.4. The highest BCUT2D eigenvalue weighted by Gasteiger charge is 2.41. The fourth-order valence-corrected chi connectivity index (χ4v) is 6.42. The lowest BCUT2D eigenvalue weighted by Gasteiger charge is -2.41. The molecule has 1 heterocycles. The zero-order valence-electron chi connectivity index (χ0n) is 22.6. The molecule has 0 aliphatic carbocycles. The number of piperidine rings is 1. The zero-order valence-corrected chi connectivity index (χ0v) is 24.2. The van der Waals surface area contributed by atoms with Crippen LogP contribution in [-0.4, -0.2) is 57.4 Å². The van der Waals surface area contributed by atoms with E-state index < -0.39 is 15.4 Å². The third-order valence-electron chi connectivity index (χ3n) is 7.35. The highest BCUT2D eigenvalue weighted by atomic mass is 35.5. The molecule has 0 aromatic heterocycles. The molecular formula is C30H35ClN2O5S. The van der Waals surface area contributed by atoms with E-state index >= 15 is 0 Å². The summed E-state index contributed by atoms with van der Waals surface area (Å²) in [5.74, 6) is 1.16. The van der Waals surface area contributed by atoms with Crippen molar-refractivity contribution in [1.82, 2.24) is 9.21 Å². The number of hydrogen-bond donors (Lipinski definition) is 0. The number of carbonyl (C=O) groups excluding carboxylic acids is 1. The summed E-state index contributed by atoms with van der Waals surface area (Å²) in [7, 11) is -0.396. The summed E-state index contributed by atoms with van der Waals surface area (Å²) in [6, 6.07) is 21.8. The van der Waals surface area contributed by atoms with Gasteiger partial charge >= 0.3 is 0 Å². The Kier molecular flexibility index (Phi) is 9.20. The molecule has 3 aromatic rings. The van der Waals surface area contributed by atoms with Gasteiger partial charge in [-0.1, -0.05) is 48.0 Å². The molecule has 9 heteroatoms. The van der Waals surface area contributed by atoms with E-state index in [9.17, 15) is 13.2 Å². The van der Waals surface area contributed by atoms with Gasteiger partial charge in [0.25, 0.3) is 0 Å². The van der Waals surface area contributed by atoms with E-state index in [2.05, 4.69) is 0 Å². The second kappa shape index (κ2) is 12.4. The minimum absolute atomic E-state index is 0.00107. The van der Waals surface area contributed by atoms with Gasteiger partial charge < -0.3 is 14.4 Å². The number of hydrogen-bond acceptors (Lipinski definition) is 5. The summed E-state index contributed by atoms with van der Waals surface area (Å²) < 4.78 is 39.7. The first-order valence-corrected chi connectivity index (χ1v) is 14.7. The number of methoxy groups -OCH3 is 1. The molecule has 0 saturated carbocycles. The minimum atomic E-state index is -3.71. The van der Waals surface area contributed by atoms with E-state index in [1.165, 1.54) is 17.5 Å². The Balaban J connectivity index is 1.51. The molecule has 7 nitrogen and oxygen atoms in total. The van der Waals surface area contributed by atoms with Crippen molar-refractivity contribution in [2.24, 2.45) is 5.41 Å². The Hall–Kier alpha value is -3.07. The van der Waals surface area contributed by atoms with Crippen molar-refractivity contribution < 1.29 is 22.7 Å². The Morgan fingerprint density at radius 1 is 1.00 bits per heavy atom. The van der Waals surface area contributed by atoms with Crippen LogP contribution in [0.25, 0.3) is 0 Å². The number of sulfonamides is 1. The van der Waals surface area contributed by atoms with E-state index in [0.717, 1.165) is 11.1 Å². The van der Waals surface area contributed by atoms with E-state index in [0.29, 0.717) is 42.5 Å². The van der Waals surface area contributed by atoms with Gasteiger partial charge in [-0.2, -0.15) is 4.31 Å². The molecule has 1 amide bonds. The average molecular weight is 571 g/mol. The van der Waals surface area contributed by atoms with Crippen molar-refractivity contribution in [1.29, 1.82) is 0 Å². The van der Waals surface area contributed by atoms with Crippen LogP contribution in [0.4, 0.5) is 0 Å². The van der Waals surface area contributed by atoms with Crippen LogP contribution < -0.4 is 9.47 Å². The predicted octanol–water partition coefficient (Wildman–Crippen LogP) is 5.56. The molecule has 0 bridgehead atoms. The van der Waals surface area contributed by atoms with Gasteiger partial charge in [-0.3, -0.25) is 4.79 Å². The van der Waals surface area contributed by atoms with Crippen molar-refractivity contribution in [3.8, 4) is 11.5 Å². The van der Waals surface area contributed by atoms with Gasteiger partial charge in [0.1, 0.15) is 11.5 Å². The van der Waals surface area contributed by atoms with Gasteiger partial charge in [0.15, 0.2) is 0 Å². The van der Waals surface area contributed by atoms with Crippen LogP contribution in [0.1, 0.15) is 30.4 Å². The second-order valence-electron chi connectivity index (χ2n) is 10.2. The van der Waals surface area contributed by atoms with Gasteiger partial charge in [-0.05, 0) is 61.2 Å². The van der Waals surface area contributed by atoms with Crippen LogP contribution >= 0.6 is 11.6 Å². The van der Waals surface area contributed by atoms with Crippen molar-refractivity contribution in [3.63, 3.8) is 0 Å². The third-order valence-corrected chi connectivity index (χ3v) is 9.67. The molecule has 0 atom stereocenters. The van der Waals surface area contributed by atoms with Crippen molar-refractivity contribution in [2.75, 3.05) is 33.9 Å². The lowest BCUT2D eigenvalue weighted by molar-refractivity contribution is -0.134. The van der Waals surface area contributed by atoms with E-state index in [1.54, 1.807) is 36.2 Å². The van der Waals surface area contributed by atoms with Crippen molar-refractivity contribution >= 4 is 27.5 Å². The maximum Gasteiger partial charge on any atom is 0.243 e. The number of amides is 1. The highest BCUT2D eigenvalue weighted by molar-refractivity contribution is 7.89. The first kappa shape index (κ1) is 28.9. The number of carbonyl (C=O) groups is 1. The highest BCUT2D eigenvalue weighted by Crippen LogP contribution is 2.38. The molecule has 0 spiro atoms. The molecule has 208 valence electrons. The maximum absolute atomic E-state index is 13.4. The fourth-order valence-electron chi connectivity index (χ4n) is 4.83. The molecule has 39 heavy (non-hydrogen) atoms. The van der Waals surface area contributed by atoms with Crippen molar-refractivity contribution in [3.05, 3.63) is 88.9 Å². The second-order valence-corrected chi connectivity index (χ2v) is 12.5. The molecule has 3 aromatic carbocycles.